The fourth-order valence-corrected chi connectivity index (χ4v) is 2.59. The van der Waals surface area contributed by atoms with E-state index in [1.54, 1.807) is 0 Å². The molecule has 0 amide bonds. The summed E-state index contributed by atoms with van der Waals surface area (Å²) < 4.78 is 5.44. The van der Waals surface area contributed by atoms with Gasteiger partial charge in [-0.25, -0.2) is 0 Å². The van der Waals surface area contributed by atoms with Gasteiger partial charge in [-0.15, -0.1) is 12.4 Å². The standard InChI is InChI=1S/C16H22N4O.ClH/c1-11(2)12-4-6-13(7-5-12)16-18-15(19-21-16)14-10-17-8-9-20(14)3;/h4-7,11,14,17H,8-10H2,1-3H3;1H. The van der Waals surface area contributed by atoms with Crippen LogP contribution in [0.25, 0.3) is 11.5 Å². The fraction of sp³-hybridized carbons (Fsp3) is 0.500. The monoisotopic (exact) mass is 322 g/mol. The Morgan fingerprint density at radius 1 is 1.27 bits per heavy atom. The molecule has 0 radical (unpaired) electrons. The maximum atomic E-state index is 5.44. The Morgan fingerprint density at radius 2 is 2.00 bits per heavy atom. The van der Waals surface area contributed by atoms with E-state index in [1.165, 1.54) is 5.56 Å². The first-order chi connectivity index (χ1) is 10.1. The molecule has 0 bridgehead atoms. The Bertz CT molecular complexity index is 596. The van der Waals surface area contributed by atoms with Crippen LogP contribution in [-0.2, 0) is 0 Å². The molecule has 1 saturated heterocycles. The quantitative estimate of drug-likeness (QED) is 0.941. The van der Waals surface area contributed by atoms with E-state index in [1.807, 2.05) is 0 Å². The van der Waals surface area contributed by atoms with Gasteiger partial charge in [0.15, 0.2) is 5.82 Å². The number of aromatic nitrogens is 2. The molecule has 3 rings (SSSR count). The first kappa shape index (κ1) is 16.9. The summed E-state index contributed by atoms with van der Waals surface area (Å²) in [5.41, 5.74) is 2.29. The molecule has 1 atom stereocenters. The highest BCUT2D eigenvalue weighted by atomic mass is 35.5. The summed E-state index contributed by atoms with van der Waals surface area (Å²) in [6.07, 6.45) is 0. The van der Waals surface area contributed by atoms with Crippen molar-refractivity contribution in [2.75, 3.05) is 26.7 Å². The van der Waals surface area contributed by atoms with Gasteiger partial charge in [-0.3, -0.25) is 4.90 Å². The van der Waals surface area contributed by atoms with Crippen LogP contribution in [-0.4, -0.2) is 41.7 Å². The van der Waals surface area contributed by atoms with E-state index in [4.69, 9.17) is 4.52 Å². The molecule has 0 saturated carbocycles. The molecule has 6 heteroatoms. The molecule has 120 valence electrons. The molecule has 0 spiro atoms. The van der Waals surface area contributed by atoms with Crippen LogP contribution in [0, 0.1) is 0 Å². The highest BCUT2D eigenvalue weighted by molar-refractivity contribution is 5.85. The van der Waals surface area contributed by atoms with Crippen molar-refractivity contribution in [1.29, 1.82) is 0 Å². The van der Waals surface area contributed by atoms with Gasteiger partial charge in [0.25, 0.3) is 5.89 Å². The SMILES string of the molecule is CC(C)c1ccc(-c2nc(C3CNCCN3C)no2)cc1.Cl. The van der Waals surface area contributed by atoms with Gasteiger partial charge in [-0.1, -0.05) is 31.1 Å². The minimum atomic E-state index is 0. The Kier molecular flexibility index (Phi) is 5.56. The van der Waals surface area contributed by atoms with Gasteiger partial charge in [0, 0.05) is 25.2 Å². The van der Waals surface area contributed by atoms with Crippen molar-refractivity contribution < 1.29 is 4.52 Å². The molecule has 1 N–H and O–H groups in total. The van der Waals surface area contributed by atoms with E-state index in [0.29, 0.717) is 11.8 Å². The first-order valence-corrected chi connectivity index (χ1v) is 7.50. The Morgan fingerprint density at radius 3 is 2.64 bits per heavy atom. The van der Waals surface area contributed by atoms with Crippen LogP contribution in [0.2, 0.25) is 0 Å². The lowest BCUT2D eigenvalue weighted by atomic mass is 10.0. The molecule has 1 aliphatic rings. The number of benzene rings is 1. The zero-order valence-electron chi connectivity index (χ0n) is 13.2. The molecule has 1 aromatic heterocycles. The maximum Gasteiger partial charge on any atom is 0.257 e. The normalized spacial score (nSPS) is 19.2. The second-order valence-corrected chi connectivity index (χ2v) is 5.93. The molecule has 2 aromatic rings. The van der Waals surface area contributed by atoms with Crippen LogP contribution in [0.1, 0.15) is 37.2 Å². The number of rotatable bonds is 3. The van der Waals surface area contributed by atoms with Crippen LogP contribution in [0.5, 0.6) is 0 Å². The highest BCUT2D eigenvalue weighted by Gasteiger charge is 2.25. The van der Waals surface area contributed by atoms with E-state index < -0.39 is 0 Å². The predicted molar refractivity (Wildman–Crippen MR) is 89.3 cm³/mol. The number of nitrogens with one attached hydrogen (secondary N) is 1. The third-order valence-electron chi connectivity index (χ3n) is 4.08. The molecule has 22 heavy (non-hydrogen) atoms. The lowest BCUT2D eigenvalue weighted by Crippen LogP contribution is -2.44. The third kappa shape index (κ3) is 3.48. The Labute approximate surface area is 137 Å². The lowest BCUT2D eigenvalue weighted by Gasteiger charge is -2.30. The molecule has 1 aromatic carbocycles. The molecule has 1 fully saturated rings. The summed E-state index contributed by atoms with van der Waals surface area (Å²) >= 11 is 0. The summed E-state index contributed by atoms with van der Waals surface area (Å²) in [6.45, 7) is 7.24. The van der Waals surface area contributed by atoms with E-state index in [2.05, 4.69) is 65.5 Å². The van der Waals surface area contributed by atoms with Crippen molar-refractivity contribution in [2.45, 2.75) is 25.8 Å². The number of piperazine rings is 1. The maximum absolute atomic E-state index is 5.44. The average molecular weight is 323 g/mol. The summed E-state index contributed by atoms with van der Waals surface area (Å²) in [5, 5.41) is 7.53. The van der Waals surface area contributed by atoms with Crippen molar-refractivity contribution in [3.8, 4) is 11.5 Å². The number of likely N-dealkylation sites (N-methyl/N-ethyl adjacent to an activating group) is 1. The van der Waals surface area contributed by atoms with Crippen molar-refractivity contribution in [3.63, 3.8) is 0 Å². The van der Waals surface area contributed by atoms with Gasteiger partial charge in [-0.05, 0) is 30.7 Å². The third-order valence-corrected chi connectivity index (χ3v) is 4.08. The lowest BCUT2D eigenvalue weighted by molar-refractivity contribution is 0.190. The molecule has 1 aliphatic heterocycles. The van der Waals surface area contributed by atoms with Crippen LogP contribution in [0.4, 0.5) is 0 Å². The molecule has 1 unspecified atom stereocenters. The first-order valence-electron chi connectivity index (χ1n) is 7.50. The van der Waals surface area contributed by atoms with E-state index in [0.717, 1.165) is 31.0 Å². The number of halogens is 1. The predicted octanol–water partition coefficient (Wildman–Crippen LogP) is 2.86. The summed E-state index contributed by atoms with van der Waals surface area (Å²) in [7, 11) is 2.10. The molecule has 2 heterocycles. The minimum Gasteiger partial charge on any atom is -0.334 e. The van der Waals surface area contributed by atoms with Crippen LogP contribution >= 0.6 is 12.4 Å². The van der Waals surface area contributed by atoms with Gasteiger partial charge in [0.2, 0.25) is 0 Å². The molecular weight excluding hydrogens is 300 g/mol. The zero-order valence-corrected chi connectivity index (χ0v) is 14.1. The fourth-order valence-electron chi connectivity index (χ4n) is 2.59. The van der Waals surface area contributed by atoms with Crippen molar-refractivity contribution in [3.05, 3.63) is 35.7 Å². The smallest absolute Gasteiger partial charge is 0.257 e. The van der Waals surface area contributed by atoms with Crippen molar-refractivity contribution in [1.82, 2.24) is 20.4 Å². The van der Waals surface area contributed by atoms with E-state index >= 15 is 0 Å². The largest absolute Gasteiger partial charge is 0.334 e. The van der Waals surface area contributed by atoms with Crippen LogP contribution in [0.15, 0.2) is 28.8 Å². The number of hydrogen-bond acceptors (Lipinski definition) is 5. The summed E-state index contributed by atoms with van der Waals surface area (Å²) in [4.78, 5) is 6.83. The second kappa shape index (κ2) is 7.22. The van der Waals surface area contributed by atoms with E-state index in [9.17, 15) is 0 Å². The Hall–Kier alpha value is -1.43. The zero-order chi connectivity index (χ0) is 14.8. The van der Waals surface area contributed by atoms with Gasteiger partial charge in [-0.2, -0.15) is 4.98 Å². The van der Waals surface area contributed by atoms with Crippen molar-refractivity contribution in [2.24, 2.45) is 0 Å². The van der Waals surface area contributed by atoms with Gasteiger partial charge in [0.05, 0.1) is 6.04 Å². The summed E-state index contributed by atoms with van der Waals surface area (Å²) in [5.74, 6) is 1.88. The van der Waals surface area contributed by atoms with Crippen LogP contribution in [0.3, 0.4) is 0 Å². The van der Waals surface area contributed by atoms with Gasteiger partial charge in [0.1, 0.15) is 0 Å². The molecular formula is C16H23ClN4O. The number of hydrogen-bond donors (Lipinski definition) is 1. The second-order valence-electron chi connectivity index (χ2n) is 5.93. The average Bonchev–Trinajstić information content (AvgIpc) is 2.97. The Balaban J connectivity index is 0.00000176. The van der Waals surface area contributed by atoms with Gasteiger partial charge < -0.3 is 9.84 Å². The van der Waals surface area contributed by atoms with Gasteiger partial charge >= 0.3 is 0 Å². The molecule has 5 nitrogen and oxygen atoms in total. The summed E-state index contributed by atoms with van der Waals surface area (Å²) in [6, 6.07) is 8.53. The highest BCUT2D eigenvalue weighted by Crippen LogP contribution is 2.24. The van der Waals surface area contributed by atoms with Crippen molar-refractivity contribution >= 4 is 12.4 Å². The topological polar surface area (TPSA) is 54.2 Å². The minimum absolute atomic E-state index is 0. The molecule has 0 aliphatic carbocycles. The van der Waals surface area contributed by atoms with Crippen LogP contribution < -0.4 is 5.32 Å². The van der Waals surface area contributed by atoms with E-state index in [-0.39, 0.29) is 18.4 Å². The number of nitrogens with zero attached hydrogens (tertiary/aromatic N) is 3.